The Morgan fingerprint density at radius 2 is 1.73 bits per heavy atom. The van der Waals surface area contributed by atoms with Crippen LogP contribution in [0.3, 0.4) is 0 Å². The van der Waals surface area contributed by atoms with Gasteiger partial charge in [0, 0.05) is 6.04 Å². The van der Waals surface area contributed by atoms with E-state index in [1.165, 1.54) is 48.8 Å². The Kier molecular flexibility index (Phi) is 17.1. The molecule has 0 bridgehead atoms. The zero-order valence-corrected chi connectivity index (χ0v) is 22.8. The van der Waals surface area contributed by atoms with Gasteiger partial charge in [0.25, 0.3) is 6.47 Å². The van der Waals surface area contributed by atoms with Crippen LogP contribution in [0.5, 0.6) is 5.75 Å². The lowest BCUT2D eigenvalue weighted by molar-refractivity contribution is -0.122. The lowest BCUT2D eigenvalue weighted by atomic mass is 9.86. The van der Waals surface area contributed by atoms with Crippen molar-refractivity contribution in [3.63, 3.8) is 0 Å². The van der Waals surface area contributed by atoms with Crippen molar-refractivity contribution >= 4 is 31.0 Å². The number of halogens is 1. The summed E-state index contributed by atoms with van der Waals surface area (Å²) in [6.07, 6.45) is 11.1. The summed E-state index contributed by atoms with van der Waals surface area (Å²) in [4.78, 5) is 21.9. The molecule has 0 saturated heterocycles. The molecule has 2 aromatic carbocycles. The second-order valence-electron chi connectivity index (χ2n) is 9.34. The van der Waals surface area contributed by atoms with E-state index in [9.17, 15) is 9.90 Å². The number of hydrogen-bond donors (Lipinski definition) is 4. The monoisotopic (exact) mass is 533 g/mol. The van der Waals surface area contributed by atoms with Crippen molar-refractivity contribution in [3.8, 4) is 5.75 Å². The molecule has 1 aliphatic carbocycles. The van der Waals surface area contributed by atoms with Gasteiger partial charge in [-0.2, -0.15) is 0 Å². The van der Waals surface area contributed by atoms with Gasteiger partial charge in [0.15, 0.2) is 0 Å². The number of hydrogen-bond acceptors (Lipinski definition) is 5. The van der Waals surface area contributed by atoms with Crippen molar-refractivity contribution < 1.29 is 19.8 Å². The summed E-state index contributed by atoms with van der Waals surface area (Å²) < 4.78 is 0. The maximum Gasteiger partial charge on any atom is 0.290 e. The first kappa shape index (κ1) is 32.4. The summed E-state index contributed by atoms with van der Waals surface area (Å²) in [6.45, 7) is 6.47. The van der Waals surface area contributed by atoms with Crippen LogP contribution < -0.4 is 10.6 Å². The number of nitrogens with one attached hydrogen (secondary N) is 2. The molecule has 0 heterocycles. The zero-order valence-electron chi connectivity index (χ0n) is 22.0. The lowest BCUT2D eigenvalue weighted by Crippen LogP contribution is -2.40. The number of benzene rings is 2. The third-order valence-corrected chi connectivity index (χ3v) is 6.74. The first-order valence-corrected chi connectivity index (χ1v) is 13.2. The van der Waals surface area contributed by atoms with Gasteiger partial charge in [-0.15, -0.1) is 12.4 Å². The van der Waals surface area contributed by atoms with E-state index in [1.54, 1.807) is 0 Å². The molecule has 7 nitrogen and oxygen atoms in total. The van der Waals surface area contributed by atoms with Gasteiger partial charge in [0.2, 0.25) is 6.41 Å². The van der Waals surface area contributed by atoms with Crippen molar-refractivity contribution in [2.75, 3.05) is 31.5 Å². The van der Waals surface area contributed by atoms with Gasteiger partial charge in [-0.1, -0.05) is 50.1 Å². The highest BCUT2D eigenvalue weighted by atomic mass is 35.5. The highest BCUT2D eigenvalue weighted by Crippen LogP contribution is 2.33. The summed E-state index contributed by atoms with van der Waals surface area (Å²) >= 11 is 0. The third kappa shape index (κ3) is 12.0. The molecule has 1 amide bonds. The molecule has 2 aromatic rings. The number of phenolic OH excluding ortho intramolecular Hbond substituents is 1. The number of aryl methyl sites for hydroxylation is 1. The van der Waals surface area contributed by atoms with E-state index in [0.29, 0.717) is 18.1 Å². The van der Waals surface area contributed by atoms with Crippen LogP contribution in [0.25, 0.3) is 0 Å². The molecule has 0 aromatic heterocycles. The van der Waals surface area contributed by atoms with E-state index in [2.05, 4.69) is 52.8 Å². The summed E-state index contributed by atoms with van der Waals surface area (Å²) in [5.41, 5.74) is 4.40. The maximum atomic E-state index is 10.8. The molecule has 4 N–H and O–H groups in total. The van der Waals surface area contributed by atoms with E-state index in [-0.39, 0.29) is 24.6 Å². The molecular weight excluding hydrogens is 490 g/mol. The molecule has 3 rings (SSSR count). The van der Waals surface area contributed by atoms with E-state index in [0.717, 1.165) is 51.9 Å². The standard InChI is InChI=1S/C28H41N3O2.CH2O2.ClH/c1-2-17-31(18-9-4-3-8-15-29-16-14-23-10-6-5-7-11-23)26-13-12-24-21-28(33)27(30-22-32)20-25(24)19-26;2-1-3;/h5-7,10-11,20-22,26,29,33H,2-4,8-9,12-19H2,1H3,(H,30,32);1H,(H,2,3);1H/t26-;;/m1../s1. The van der Waals surface area contributed by atoms with Crippen molar-refractivity contribution in [3.05, 3.63) is 59.2 Å². The average Bonchev–Trinajstić information content (AvgIpc) is 2.88. The van der Waals surface area contributed by atoms with Gasteiger partial charge < -0.3 is 25.7 Å². The van der Waals surface area contributed by atoms with Gasteiger partial charge in [-0.3, -0.25) is 9.59 Å². The van der Waals surface area contributed by atoms with Gasteiger partial charge >= 0.3 is 0 Å². The van der Waals surface area contributed by atoms with Crippen LogP contribution in [0.1, 0.15) is 62.1 Å². The Hall–Kier alpha value is -2.61. The van der Waals surface area contributed by atoms with Crippen LogP contribution in [-0.4, -0.2) is 60.2 Å². The molecule has 8 heteroatoms. The third-order valence-electron chi connectivity index (χ3n) is 6.74. The number of phenols is 1. The molecule has 0 unspecified atom stereocenters. The van der Waals surface area contributed by atoms with Crippen molar-refractivity contribution in [2.45, 2.75) is 70.8 Å². The lowest BCUT2D eigenvalue weighted by Gasteiger charge is -2.35. The second-order valence-corrected chi connectivity index (χ2v) is 9.34. The minimum atomic E-state index is -0.250. The zero-order chi connectivity index (χ0) is 26.0. The molecule has 1 aliphatic rings. The van der Waals surface area contributed by atoms with Crippen LogP contribution in [0.15, 0.2) is 42.5 Å². The summed E-state index contributed by atoms with van der Waals surface area (Å²) in [7, 11) is 0. The number of fused-ring (bicyclic) bond motifs is 1. The van der Waals surface area contributed by atoms with Crippen molar-refractivity contribution in [1.29, 1.82) is 0 Å². The van der Waals surface area contributed by atoms with E-state index < -0.39 is 0 Å². The number of carbonyl (C=O) groups excluding carboxylic acids is 1. The van der Waals surface area contributed by atoms with Crippen LogP contribution in [0.2, 0.25) is 0 Å². The molecule has 0 saturated carbocycles. The SMILES string of the molecule is CCCN(CCCCCCNCCc1ccccc1)[C@@H]1CCc2cc(O)c(NC=O)cc2C1.Cl.O=CO. The van der Waals surface area contributed by atoms with Crippen molar-refractivity contribution in [2.24, 2.45) is 0 Å². The highest BCUT2D eigenvalue weighted by molar-refractivity contribution is 5.85. The molecule has 1 atom stereocenters. The topological polar surface area (TPSA) is 102 Å². The first-order chi connectivity index (χ1) is 17.6. The average molecular weight is 534 g/mol. The number of nitrogens with zero attached hydrogens (tertiary/aromatic N) is 1. The van der Waals surface area contributed by atoms with Gasteiger partial charge in [-0.05, 0) is 99.9 Å². The Balaban J connectivity index is 0.00000163. The summed E-state index contributed by atoms with van der Waals surface area (Å²) in [6, 6.07) is 15.0. The van der Waals surface area contributed by atoms with E-state index in [4.69, 9.17) is 9.90 Å². The molecule has 0 aliphatic heterocycles. The number of carboxylic acid groups (broad SMARTS) is 1. The molecule has 206 valence electrons. The minimum absolute atomic E-state index is 0. The quantitative estimate of drug-likeness (QED) is 0.145. The van der Waals surface area contributed by atoms with Crippen LogP contribution in [0.4, 0.5) is 5.69 Å². The van der Waals surface area contributed by atoms with E-state index in [1.807, 2.05) is 12.1 Å². The number of carbonyl (C=O) groups is 2. The van der Waals surface area contributed by atoms with Gasteiger partial charge in [0.05, 0.1) is 5.69 Å². The Morgan fingerprint density at radius 1 is 1.00 bits per heavy atom. The molecule has 0 radical (unpaired) electrons. The predicted molar refractivity (Wildman–Crippen MR) is 153 cm³/mol. The normalized spacial score (nSPS) is 14.1. The highest BCUT2D eigenvalue weighted by Gasteiger charge is 2.24. The second kappa shape index (κ2) is 19.5. The fourth-order valence-corrected chi connectivity index (χ4v) is 4.95. The molecule has 37 heavy (non-hydrogen) atoms. The van der Waals surface area contributed by atoms with Crippen molar-refractivity contribution in [1.82, 2.24) is 10.2 Å². The van der Waals surface area contributed by atoms with Gasteiger partial charge in [-0.25, -0.2) is 0 Å². The number of amides is 1. The minimum Gasteiger partial charge on any atom is -0.506 e. The maximum absolute atomic E-state index is 10.8. The largest absolute Gasteiger partial charge is 0.506 e. The van der Waals surface area contributed by atoms with Gasteiger partial charge in [0.1, 0.15) is 5.75 Å². The fourth-order valence-electron chi connectivity index (χ4n) is 4.95. The Bertz CT molecular complexity index is 898. The number of rotatable bonds is 15. The Morgan fingerprint density at radius 3 is 2.43 bits per heavy atom. The summed E-state index contributed by atoms with van der Waals surface area (Å²) in [5.74, 6) is 0.166. The smallest absolute Gasteiger partial charge is 0.290 e. The molecule has 0 spiro atoms. The van der Waals surface area contributed by atoms with Crippen LogP contribution in [-0.2, 0) is 28.9 Å². The predicted octanol–water partition coefficient (Wildman–Crippen LogP) is 5.05. The van der Waals surface area contributed by atoms with Crippen LogP contribution >= 0.6 is 12.4 Å². The molecule has 0 fully saturated rings. The van der Waals surface area contributed by atoms with Crippen LogP contribution in [0, 0.1) is 0 Å². The summed E-state index contributed by atoms with van der Waals surface area (Å²) in [5, 5.41) is 23.2. The number of aromatic hydroxyl groups is 1. The fraction of sp³-hybridized carbons (Fsp3) is 0.517. The molecular formula is C29H44ClN3O4. The number of anilines is 1. The van der Waals surface area contributed by atoms with E-state index >= 15 is 0 Å². The first-order valence-electron chi connectivity index (χ1n) is 13.2. The Labute approximate surface area is 228 Å². The number of unbranched alkanes of at least 4 members (excludes halogenated alkanes) is 3.